The molecule has 15 heavy (non-hydrogen) atoms. The van der Waals surface area contributed by atoms with Crippen molar-refractivity contribution in [3.05, 3.63) is 22.5 Å². The van der Waals surface area contributed by atoms with Crippen LogP contribution in [0.15, 0.2) is 6.07 Å². The van der Waals surface area contributed by atoms with Gasteiger partial charge in [0.05, 0.1) is 5.69 Å². The Morgan fingerprint density at radius 3 is 2.60 bits per heavy atom. The average Bonchev–Trinajstić information content (AvgIpc) is 2.09. The van der Waals surface area contributed by atoms with Crippen LogP contribution in [0.4, 0.5) is 5.69 Å². The van der Waals surface area contributed by atoms with Gasteiger partial charge in [0.1, 0.15) is 5.15 Å². The van der Waals surface area contributed by atoms with Crippen LogP contribution in [0.1, 0.15) is 23.0 Å². The number of aromatic carboxylic acids is 1. The minimum absolute atomic E-state index is 0.113. The molecule has 0 bridgehead atoms. The molecule has 1 amide bonds. The summed E-state index contributed by atoms with van der Waals surface area (Å²) in [5, 5.41) is 11.3. The maximum absolute atomic E-state index is 10.8. The highest BCUT2D eigenvalue weighted by atomic mass is 35.5. The number of halogens is 1. The van der Waals surface area contributed by atoms with E-state index in [9.17, 15) is 9.59 Å². The lowest BCUT2D eigenvalue weighted by Crippen LogP contribution is -2.13. The summed E-state index contributed by atoms with van der Waals surface area (Å²) in [5.74, 6) is -1.60. The van der Waals surface area contributed by atoms with Gasteiger partial charge in [-0.2, -0.15) is 0 Å². The zero-order valence-electron chi connectivity index (χ0n) is 8.17. The SMILES string of the molecule is CC(=O)Nc1cc(C)c(Cl)nc1C(=O)O. The highest BCUT2D eigenvalue weighted by molar-refractivity contribution is 6.30. The van der Waals surface area contributed by atoms with Gasteiger partial charge in [-0.3, -0.25) is 4.79 Å². The number of amides is 1. The molecule has 5 nitrogen and oxygen atoms in total. The zero-order valence-corrected chi connectivity index (χ0v) is 8.92. The predicted octanol–water partition coefficient (Wildman–Crippen LogP) is 1.70. The van der Waals surface area contributed by atoms with E-state index in [0.717, 1.165) is 0 Å². The first-order valence-corrected chi connectivity index (χ1v) is 4.47. The Kier molecular flexibility index (Phi) is 3.26. The van der Waals surface area contributed by atoms with E-state index in [1.54, 1.807) is 6.92 Å². The Labute approximate surface area is 91.1 Å². The first kappa shape index (κ1) is 11.5. The standard InChI is InChI=1S/C9H9ClN2O3/c1-4-3-6(11-5(2)13)7(9(14)15)12-8(4)10/h3H,1-2H3,(H,11,13)(H,14,15). The third-order valence-electron chi connectivity index (χ3n) is 1.66. The quantitative estimate of drug-likeness (QED) is 0.755. The summed E-state index contributed by atoms with van der Waals surface area (Å²) in [5.41, 5.74) is 0.489. The topological polar surface area (TPSA) is 79.3 Å². The molecule has 0 atom stereocenters. The van der Waals surface area contributed by atoms with E-state index >= 15 is 0 Å². The Bertz CT molecular complexity index is 432. The molecule has 0 saturated heterocycles. The Morgan fingerprint density at radius 2 is 2.13 bits per heavy atom. The molecule has 0 aliphatic rings. The summed E-state index contributed by atoms with van der Waals surface area (Å²) in [6, 6.07) is 1.47. The molecule has 0 saturated carbocycles. The van der Waals surface area contributed by atoms with Crippen molar-refractivity contribution in [1.29, 1.82) is 0 Å². The number of aryl methyl sites for hydroxylation is 1. The monoisotopic (exact) mass is 228 g/mol. The van der Waals surface area contributed by atoms with E-state index in [0.29, 0.717) is 5.56 Å². The number of aromatic nitrogens is 1. The normalized spacial score (nSPS) is 9.80. The third kappa shape index (κ3) is 2.66. The van der Waals surface area contributed by atoms with Crippen molar-refractivity contribution in [2.75, 3.05) is 5.32 Å². The smallest absolute Gasteiger partial charge is 0.356 e. The summed E-state index contributed by atoms with van der Waals surface area (Å²) in [6.45, 7) is 2.96. The minimum atomic E-state index is -1.24. The van der Waals surface area contributed by atoms with Crippen LogP contribution in [0.2, 0.25) is 5.15 Å². The van der Waals surface area contributed by atoms with Gasteiger partial charge in [0.15, 0.2) is 5.69 Å². The molecule has 0 spiro atoms. The molecule has 0 radical (unpaired) electrons. The summed E-state index contributed by atoms with van der Waals surface area (Å²) in [4.78, 5) is 25.3. The van der Waals surface area contributed by atoms with Crippen LogP contribution in [0.5, 0.6) is 0 Å². The highest BCUT2D eigenvalue weighted by Gasteiger charge is 2.15. The number of hydrogen-bond donors (Lipinski definition) is 2. The first-order chi connectivity index (χ1) is 6.91. The fourth-order valence-corrected chi connectivity index (χ4v) is 1.18. The molecular formula is C9H9ClN2O3. The number of nitrogens with one attached hydrogen (secondary N) is 1. The van der Waals surface area contributed by atoms with Crippen LogP contribution in [0.25, 0.3) is 0 Å². The molecule has 1 aromatic heterocycles. The number of nitrogens with zero attached hydrogens (tertiary/aromatic N) is 1. The number of carboxylic acids is 1. The summed E-state index contributed by atoms with van der Waals surface area (Å²) < 4.78 is 0. The molecular weight excluding hydrogens is 220 g/mol. The van der Waals surface area contributed by atoms with E-state index in [4.69, 9.17) is 16.7 Å². The molecule has 1 rings (SSSR count). The number of rotatable bonds is 2. The van der Waals surface area contributed by atoms with Crippen molar-refractivity contribution < 1.29 is 14.7 Å². The summed E-state index contributed by atoms with van der Waals surface area (Å²) in [7, 11) is 0. The van der Waals surface area contributed by atoms with Gasteiger partial charge in [0.25, 0.3) is 0 Å². The highest BCUT2D eigenvalue weighted by Crippen LogP contribution is 2.21. The van der Waals surface area contributed by atoms with Crippen molar-refractivity contribution in [2.45, 2.75) is 13.8 Å². The third-order valence-corrected chi connectivity index (χ3v) is 2.05. The molecule has 0 aromatic carbocycles. The molecule has 2 N–H and O–H groups in total. The van der Waals surface area contributed by atoms with Gasteiger partial charge in [-0.1, -0.05) is 11.6 Å². The van der Waals surface area contributed by atoms with Crippen LogP contribution in [-0.4, -0.2) is 22.0 Å². The fourth-order valence-electron chi connectivity index (χ4n) is 1.04. The predicted molar refractivity (Wildman–Crippen MR) is 55.2 cm³/mol. The van der Waals surface area contributed by atoms with Crippen molar-refractivity contribution in [1.82, 2.24) is 4.98 Å². The molecule has 1 heterocycles. The number of pyridine rings is 1. The lowest BCUT2D eigenvalue weighted by molar-refractivity contribution is -0.114. The molecule has 0 fully saturated rings. The van der Waals surface area contributed by atoms with Gasteiger partial charge in [-0.05, 0) is 18.6 Å². The lowest BCUT2D eigenvalue weighted by Gasteiger charge is -2.07. The number of anilines is 1. The van der Waals surface area contributed by atoms with Gasteiger partial charge >= 0.3 is 5.97 Å². The second-order valence-electron chi connectivity index (χ2n) is 2.98. The zero-order chi connectivity index (χ0) is 11.6. The Morgan fingerprint density at radius 1 is 1.53 bits per heavy atom. The van der Waals surface area contributed by atoms with Gasteiger partial charge in [-0.15, -0.1) is 0 Å². The van der Waals surface area contributed by atoms with Crippen LogP contribution in [-0.2, 0) is 4.79 Å². The number of carbonyl (C=O) groups excluding carboxylic acids is 1. The van der Waals surface area contributed by atoms with E-state index in [1.807, 2.05) is 0 Å². The summed E-state index contributed by atoms with van der Waals surface area (Å²) in [6.07, 6.45) is 0. The van der Waals surface area contributed by atoms with E-state index < -0.39 is 5.97 Å². The number of carbonyl (C=O) groups is 2. The van der Waals surface area contributed by atoms with Crippen molar-refractivity contribution in [3.8, 4) is 0 Å². The van der Waals surface area contributed by atoms with E-state index in [2.05, 4.69) is 10.3 Å². The Balaban J connectivity index is 3.28. The first-order valence-electron chi connectivity index (χ1n) is 4.10. The second-order valence-corrected chi connectivity index (χ2v) is 3.34. The Hall–Kier alpha value is -1.62. The molecule has 0 unspecified atom stereocenters. The average molecular weight is 229 g/mol. The maximum Gasteiger partial charge on any atom is 0.356 e. The van der Waals surface area contributed by atoms with Gasteiger partial charge in [0, 0.05) is 6.92 Å². The fraction of sp³-hybridized carbons (Fsp3) is 0.222. The molecule has 0 aliphatic carbocycles. The number of hydrogen-bond acceptors (Lipinski definition) is 3. The second kappa shape index (κ2) is 4.27. The van der Waals surface area contributed by atoms with Crippen molar-refractivity contribution >= 4 is 29.2 Å². The number of carboxylic acid groups (broad SMARTS) is 1. The minimum Gasteiger partial charge on any atom is -0.476 e. The van der Waals surface area contributed by atoms with Crippen LogP contribution >= 0.6 is 11.6 Å². The maximum atomic E-state index is 10.8. The van der Waals surface area contributed by atoms with Gasteiger partial charge in [-0.25, -0.2) is 9.78 Å². The van der Waals surface area contributed by atoms with E-state index in [1.165, 1.54) is 13.0 Å². The molecule has 1 aromatic rings. The van der Waals surface area contributed by atoms with Crippen LogP contribution in [0, 0.1) is 6.92 Å². The molecule has 0 aliphatic heterocycles. The van der Waals surface area contributed by atoms with Crippen molar-refractivity contribution in [3.63, 3.8) is 0 Å². The van der Waals surface area contributed by atoms with Gasteiger partial charge in [0.2, 0.25) is 5.91 Å². The summed E-state index contributed by atoms with van der Waals surface area (Å²) >= 11 is 5.68. The van der Waals surface area contributed by atoms with Crippen LogP contribution in [0.3, 0.4) is 0 Å². The molecule has 80 valence electrons. The van der Waals surface area contributed by atoms with Crippen molar-refractivity contribution in [2.24, 2.45) is 0 Å². The largest absolute Gasteiger partial charge is 0.476 e. The van der Waals surface area contributed by atoms with E-state index in [-0.39, 0.29) is 22.4 Å². The van der Waals surface area contributed by atoms with Gasteiger partial charge < -0.3 is 10.4 Å². The van der Waals surface area contributed by atoms with Crippen LogP contribution < -0.4 is 5.32 Å². The lowest BCUT2D eigenvalue weighted by atomic mass is 10.2. The molecule has 6 heteroatoms.